The zero-order valence-corrected chi connectivity index (χ0v) is 30.5. The minimum Gasteiger partial charge on any atom is -0.685 e. The number of aliphatic hydroxyl groups is 1. The van der Waals surface area contributed by atoms with Crippen LogP contribution >= 0.6 is 0 Å². The first kappa shape index (κ1) is 34.6. The molecule has 6 aromatic rings. The molecule has 6 heteroatoms. The Morgan fingerprint density at radius 1 is 0.833 bits per heavy atom. The molecule has 242 valence electrons. The average Bonchev–Trinajstić information content (AvgIpc) is 3.67. The Labute approximate surface area is 297 Å². The summed E-state index contributed by atoms with van der Waals surface area (Å²) in [6.45, 7) is 5.94. The molecule has 0 saturated carbocycles. The third-order valence-electron chi connectivity index (χ3n) is 8.93. The topological polar surface area (TPSA) is 85.9 Å². The van der Waals surface area contributed by atoms with E-state index in [-0.39, 0.29) is 27.1 Å². The van der Waals surface area contributed by atoms with Crippen molar-refractivity contribution >= 4 is 35.1 Å². The molecule has 5 aromatic carbocycles. The molecule has 3 N–H and O–H groups in total. The van der Waals surface area contributed by atoms with E-state index in [1.54, 1.807) is 7.05 Å². The summed E-state index contributed by atoms with van der Waals surface area (Å²) < 4.78 is 6.22. The Morgan fingerprint density at radius 3 is 2.29 bits per heavy atom. The van der Waals surface area contributed by atoms with Gasteiger partial charge in [-0.15, -0.1) is 12.7 Å². The Hall–Kier alpha value is -4.70. The van der Waals surface area contributed by atoms with Gasteiger partial charge in [0.25, 0.3) is 0 Å². The van der Waals surface area contributed by atoms with Crippen LogP contribution in [-0.4, -0.2) is 26.0 Å². The Kier molecular flexibility index (Phi) is 11.2. The van der Waals surface area contributed by atoms with Crippen LogP contribution in [0.15, 0.2) is 119 Å². The smallest absolute Gasteiger partial charge is 0.135 e. The predicted octanol–water partition coefficient (Wildman–Crippen LogP) is 10.2. The number of benzene rings is 5. The maximum absolute atomic E-state index is 7.00. The molecule has 1 atom stereocenters. The number of anilines is 1. The van der Waals surface area contributed by atoms with Crippen molar-refractivity contribution in [1.29, 1.82) is 0 Å². The van der Waals surface area contributed by atoms with Crippen molar-refractivity contribution in [2.24, 2.45) is 4.99 Å². The van der Waals surface area contributed by atoms with E-state index >= 15 is 0 Å². The van der Waals surface area contributed by atoms with Crippen molar-refractivity contribution < 1.29 is 30.6 Å². The van der Waals surface area contributed by atoms with E-state index in [1.165, 1.54) is 55.5 Å². The second-order valence-electron chi connectivity index (χ2n) is 11.8. The van der Waals surface area contributed by atoms with E-state index in [4.69, 9.17) is 15.3 Å². The van der Waals surface area contributed by atoms with Crippen LogP contribution in [0.1, 0.15) is 51.6 Å². The van der Waals surface area contributed by atoms with E-state index in [1.807, 2.05) is 24.3 Å². The minimum absolute atomic E-state index is 0. The second kappa shape index (κ2) is 15.5. The van der Waals surface area contributed by atoms with Gasteiger partial charge in [0.05, 0.1) is 6.04 Å². The number of allylic oxidation sites excluding steroid dienone is 1. The molecule has 8 rings (SSSR count). The number of nitrogens with two attached hydrogens (primary N) is 1. The number of fused-ring (bicyclic) bond motifs is 6. The van der Waals surface area contributed by atoms with Gasteiger partial charge in [-0.1, -0.05) is 96.6 Å². The quantitative estimate of drug-likeness (QED) is 0.134. The zero-order valence-electron chi connectivity index (χ0n) is 27.6. The Bertz CT molecular complexity index is 2060. The molecule has 1 aromatic heterocycles. The minimum atomic E-state index is -0.0460. The second-order valence-corrected chi connectivity index (χ2v) is 11.8. The summed E-state index contributed by atoms with van der Waals surface area (Å²) in [4.78, 5) is 4.43. The number of nitrogens with zero attached hydrogens (tertiary/aromatic N) is 2. The third kappa shape index (κ3) is 6.94. The number of aliphatic hydroxyl groups excluding tert-OH is 1. The first-order chi connectivity index (χ1) is 23.0. The SMILES string of the molecule is C=NC(c1ccccc1)c1ccc2c(c1)-c1cc3oc4c(c3cc1C2)C=CCC4.CO.C[N-]c1cc(-c2ccc(C)cc2)ccc1N.[W]. The van der Waals surface area contributed by atoms with Gasteiger partial charge < -0.3 is 20.6 Å². The van der Waals surface area contributed by atoms with Crippen molar-refractivity contribution in [3.05, 3.63) is 154 Å². The van der Waals surface area contributed by atoms with Gasteiger partial charge in [-0.3, -0.25) is 4.99 Å². The molecule has 2 aliphatic rings. The monoisotopic (exact) mass is 802 g/mol. The van der Waals surface area contributed by atoms with E-state index in [0.29, 0.717) is 0 Å². The van der Waals surface area contributed by atoms with Crippen LogP contribution < -0.4 is 5.73 Å². The summed E-state index contributed by atoms with van der Waals surface area (Å²) in [7, 11) is 2.75. The Morgan fingerprint density at radius 2 is 1.56 bits per heavy atom. The van der Waals surface area contributed by atoms with Crippen LogP contribution in [0.25, 0.3) is 44.6 Å². The Balaban J connectivity index is 0.000000203. The molecule has 0 saturated heterocycles. The number of hydrogen-bond acceptors (Lipinski definition) is 4. The van der Waals surface area contributed by atoms with Crippen molar-refractivity contribution in [3.8, 4) is 22.3 Å². The molecule has 0 fully saturated rings. The summed E-state index contributed by atoms with van der Waals surface area (Å²) in [5.74, 6) is 1.13. The van der Waals surface area contributed by atoms with Gasteiger partial charge >= 0.3 is 0 Å². The summed E-state index contributed by atoms with van der Waals surface area (Å²) in [5, 5.41) is 12.4. The zero-order chi connectivity index (χ0) is 32.9. The molecular weight excluding hydrogens is 762 g/mol. The number of rotatable bonds is 5. The van der Waals surface area contributed by atoms with Crippen LogP contribution in [0.4, 0.5) is 11.4 Å². The van der Waals surface area contributed by atoms with Crippen LogP contribution in [-0.2, 0) is 33.9 Å². The van der Waals surface area contributed by atoms with Gasteiger partial charge in [0, 0.05) is 51.2 Å². The van der Waals surface area contributed by atoms with Crippen molar-refractivity contribution in [1.82, 2.24) is 0 Å². The van der Waals surface area contributed by atoms with Crippen LogP contribution in [0.2, 0.25) is 0 Å². The predicted molar refractivity (Wildman–Crippen MR) is 198 cm³/mol. The van der Waals surface area contributed by atoms with E-state index in [9.17, 15) is 0 Å². The molecule has 1 unspecified atom stereocenters. The average molecular weight is 803 g/mol. The fourth-order valence-corrected chi connectivity index (χ4v) is 6.51. The van der Waals surface area contributed by atoms with Gasteiger partial charge in [-0.2, -0.15) is 0 Å². The summed E-state index contributed by atoms with van der Waals surface area (Å²) in [6.07, 6.45) is 7.50. The number of hydrogen-bond donors (Lipinski definition) is 2. The number of nitrogen functional groups attached to an aromatic ring is 1. The molecule has 0 amide bonds. The number of aryl methyl sites for hydroxylation is 2. The molecule has 0 radical (unpaired) electrons. The van der Waals surface area contributed by atoms with Crippen molar-refractivity contribution in [3.63, 3.8) is 0 Å². The summed E-state index contributed by atoms with van der Waals surface area (Å²) >= 11 is 0. The third-order valence-corrected chi connectivity index (χ3v) is 8.93. The molecule has 1 heterocycles. The molecule has 0 spiro atoms. The molecule has 2 aliphatic carbocycles. The fraction of sp³-hybridized carbons (Fsp3) is 0.167. The van der Waals surface area contributed by atoms with Gasteiger partial charge in [0.1, 0.15) is 11.3 Å². The van der Waals surface area contributed by atoms with Crippen LogP contribution in [0.5, 0.6) is 0 Å². The van der Waals surface area contributed by atoms with Crippen molar-refractivity contribution in [2.75, 3.05) is 19.9 Å². The van der Waals surface area contributed by atoms with Gasteiger partial charge in [-0.25, -0.2) is 0 Å². The molecule has 0 bridgehead atoms. The first-order valence-corrected chi connectivity index (χ1v) is 15.9. The number of furan rings is 1. The van der Waals surface area contributed by atoms with Gasteiger partial charge in [0.15, 0.2) is 0 Å². The maximum Gasteiger partial charge on any atom is 0.135 e. The summed E-state index contributed by atoms with van der Waals surface area (Å²) in [5.41, 5.74) is 20.9. The molecule has 5 nitrogen and oxygen atoms in total. The van der Waals surface area contributed by atoms with Crippen molar-refractivity contribution in [2.45, 2.75) is 32.2 Å². The first-order valence-electron chi connectivity index (χ1n) is 15.9. The maximum atomic E-state index is 7.00. The van der Waals surface area contributed by atoms with Crippen LogP contribution in [0, 0.1) is 6.92 Å². The molecular formula is C42H40N3O2W-. The standard InChI is InChI=1S/C27H21NO.C14H15N2.CH4O.W/c1-28-27(17-7-3-2-4-8-17)19-12-11-18-13-20-15-24-21-9-5-6-10-25(21)29-26(24)16-23(20)22(18)14-19;1-10-3-5-11(6-4-10)12-7-8-13(15)14(9-12)16-2;1-2;/h2-5,7-9,11-12,14-16,27H,1,6,10,13H2;3-9H,15H2,1-2H3;2H,1H3;/q;-1;;. The van der Waals surface area contributed by atoms with E-state index in [2.05, 4.69) is 115 Å². The van der Waals surface area contributed by atoms with E-state index in [0.717, 1.165) is 54.7 Å². The van der Waals surface area contributed by atoms with Gasteiger partial charge in [-0.05, 0) is 95.3 Å². The largest absolute Gasteiger partial charge is 0.685 e. The number of aliphatic imine (C=N–C) groups is 1. The summed E-state index contributed by atoms with van der Waals surface area (Å²) in [6, 6.07) is 36.0. The molecule has 48 heavy (non-hydrogen) atoms. The van der Waals surface area contributed by atoms with Crippen LogP contribution in [0.3, 0.4) is 0 Å². The normalized spacial score (nSPS) is 12.6. The fourth-order valence-electron chi connectivity index (χ4n) is 6.51. The van der Waals surface area contributed by atoms with E-state index < -0.39 is 0 Å². The molecule has 0 aliphatic heterocycles. The van der Waals surface area contributed by atoms with Gasteiger partial charge in [0.2, 0.25) is 0 Å².